The molecule has 2 aliphatic rings. The number of hydrogen-bond donors (Lipinski definition) is 1. The van der Waals surface area contributed by atoms with E-state index in [2.05, 4.69) is 25.1 Å². The summed E-state index contributed by atoms with van der Waals surface area (Å²) in [4.78, 5) is 2.21. The topological polar surface area (TPSA) is 32.7 Å². The molecule has 0 aromatic rings. The van der Waals surface area contributed by atoms with Crippen molar-refractivity contribution in [3.63, 3.8) is 0 Å². The molecule has 3 nitrogen and oxygen atoms in total. The van der Waals surface area contributed by atoms with Gasteiger partial charge in [0.1, 0.15) is 11.9 Å². The van der Waals surface area contributed by atoms with Crippen molar-refractivity contribution < 1.29 is 9.84 Å². The molecular weight excluding hydrogens is 214 g/mol. The molecule has 1 aliphatic carbocycles. The Hall–Kier alpha value is -0.540. The average Bonchev–Trinajstić information content (AvgIpc) is 2.72. The molecule has 0 aromatic carbocycles. The summed E-state index contributed by atoms with van der Waals surface area (Å²) in [5.74, 6) is 0.806. The summed E-state index contributed by atoms with van der Waals surface area (Å²) >= 11 is 0. The van der Waals surface area contributed by atoms with Crippen LogP contribution in [0.25, 0.3) is 0 Å². The zero-order valence-corrected chi connectivity index (χ0v) is 11.1. The Morgan fingerprint density at radius 3 is 2.35 bits per heavy atom. The quantitative estimate of drug-likeness (QED) is 0.767. The van der Waals surface area contributed by atoms with Crippen LogP contribution < -0.4 is 0 Å². The van der Waals surface area contributed by atoms with Crippen molar-refractivity contribution in [3.8, 4) is 0 Å². The van der Waals surface area contributed by atoms with Crippen molar-refractivity contribution in [1.29, 1.82) is 0 Å². The second kappa shape index (κ2) is 5.40. The van der Waals surface area contributed by atoms with E-state index in [9.17, 15) is 5.11 Å². The minimum atomic E-state index is -0.460. The lowest BCUT2D eigenvalue weighted by atomic mass is 9.82. The van der Waals surface area contributed by atoms with E-state index in [-0.39, 0.29) is 5.54 Å². The molecule has 0 bridgehead atoms. The Balaban J connectivity index is 2.19. The van der Waals surface area contributed by atoms with Gasteiger partial charge in [0.05, 0.1) is 12.1 Å². The first-order chi connectivity index (χ1) is 8.17. The van der Waals surface area contributed by atoms with Gasteiger partial charge in [-0.25, -0.2) is 0 Å². The molecule has 0 saturated heterocycles. The summed E-state index contributed by atoms with van der Waals surface area (Å²) in [5, 5.41) is 10.7. The summed E-state index contributed by atoms with van der Waals surface area (Å²) < 4.78 is 5.57. The van der Waals surface area contributed by atoms with Crippen LogP contribution in [0.5, 0.6) is 0 Å². The van der Waals surface area contributed by atoms with Crippen LogP contribution in [0.3, 0.4) is 0 Å². The lowest BCUT2D eigenvalue weighted by Crippen LogP contribution is -2.54. The molecular formula is C14H25NO2. The van der Waals surface area contributed by atoms with Gasteiger partial charge in [-0.05, 0) is 33.0 Å². The van der Waals surface area contributed by atoms with Crippen LogP contribution in [0.2, 0.25) is 0 Å². The fourth-order valence-electron chi connectivity index (χ4n) is 3.20. The van der Waals surface area contributed by atoms with E-state index in [1.54, 1.807) is 0 Å². The third kappa shape index (κ3) is 2.50. The van der Waals surface area contributed by atoms with E-state index in [4.69, 9.17) is 4.74 Å². The maximum absolute atomic E-state index is 10.7. The van der Waals surface area contributed by atoms with Crippen LogP contribution in [0, 0.1) is 0 Å². The molecule has 1 aliphatic heterocycles. The Bertz CT molecular complexity index is 278. The standard InChI is InChI=1S/C14H25NO2/c1-15(2)14(9-5-3-4-6-10-14)13(16)12-8-7-11-17-12/h8,13,16H,3-7,9-11H2,1-2H3. The van der Waals surface area contributed by atoms with Crippen LogP contribution in [-0.2, 0) is 4.74 Å². The van der Waals surface area contributed by atoms with E-state index >= 15 is 0 Å². The van der Waals surface area contributed by atoms with Gasteiger partial charge in [0.2, 0.25) is 0 Å². The molecule has 1 saturated carbocycles. The van der Waals surface area contributed by atoms with Gasteiger partial charge in [-0.2, -0.15) is 0 Å². The molecule has 0 spiro atoms. The highest BCUT2D eigenvalue weighted by atomic mass is 16.5. The molecule has 2 rings (SSSR count). The van der Waals surface area contributed by atoms with Crippen molar-refractivity contribution in [1.82, 2.24) is 4.90 Å². The highest BCUT2D eigenvalue weighted by molar-refractivity contribution is 5.14. The van der Waals surface area contributed by atoms with Crippen LogP contribution in [0.1, 0.15) is 44.9 Å². The zero-order valence-electron chi connectivity index (χ0n) is 11.1. The van der Waals surface area contributed by atoms with Crippen LogP contribution in [-0.4, -0.2) is 42.4 Å². The van der Waals surface area contributed by atoms with Crippen LogP contribution in [0.15, 0.2) is 11.8 Å². The fraction of sp³-hybridized carbons (Fsp3) is 0.857. The minimum absolute atomic E-state index is 0.118. The zero-order chi connectivity index (χ0) is 12.3. The number of rotatable bonds is 3. The molecule has 0 aromatic heterocycles. The number of aliphatic hydroxyl groups is 1. The third-order valence-corrected chi connectivity index (χ3v) is 4.37. The van der Waals surface area contributed by atoms with Crippen LogP contribution in [0.4, 0.5) is 0 Å². The minimum Gasteiger partial charge on any atom is -0.495 e. The predicted molar refractivity (Wildman–Crippen MR) is 68.8 cm³/mol. The number of likely N-dealkylation sites (N-methyl/N-ethyl adjacent to an activating group) is 1. The average molecular weight is 239 g/mol. The van der Waals surface area contributed by atoms with Crippen molar-refractivity contribution >= 4 is 0 Å². The predicted octanol–water partition coefficient (Wildman–Crippen LogP) is 2.31. The molecule has 0 radical (unpaired) electrons. The van der Waals surface area contributed by atoms with Gasteiger partial charge < -0.3 is 14.7 Å². The summed E-state index contributed by atoms with van der Waals surface area (Å²) in [6.07, 6.45) is 9.69. The van der Waals surface area contributed by atoms with E-state index in [0.29, 0.717) is 0 Å². The van der Waals surface area contributed by atoms with Crippen molar-refractivity contribution in [2.45, 2.75) is 56.6 Å². The third-order valence-electron chi connectivity index (χ3n) is 4.37. The first-order valence-corrected chi connectivity index (χ1v) is 6.85. The first kappa shape index (κ1) is 12.9. The molecule has 1 heterocycles. The second-order valence-corrected chi connectivity index (χ2v) is 5.56. The Kier molecular flexibility index (Phi) is 4.10. The summed E-state index contributed by atoms with van der Waals surface area (Å²) in [7, 11) is 4.17. The van der Waals surface area contributed by atoms with Gasteiger partial charge >= 0.3 is 0 Å². The molecule has 98 valence electrons. The number of nitrogens with zero attached hydrogens (tertiary/aromatic N) is 1. The van der Waals surface area contributed by atoms with Gasteiger partial charge in [-0.15, -0.1) is 0 Å². The first-order valence-electron chi connectivity index (χ1n) is 6.85. The number of hydrogen-bond acceptors (Lipinski definition) is 3. The lowest BCUT2D eigenvalue weighted by Gasteiger charge is -2.43. The molecule has 1 atom stereocenters. The molecule has 1 unspecified atom stereocenters. The maximum Gasteiger partial charge on any atom is 0.129 e. The fourth-order valence-corrected chi connectivity index (χ4v) is 3.20. The lowest BCUT2D eigenvalue weighted by molar-refractivity contribution is -0.0244. The van der Waals surface area contributed by atoms with Gasteiger partial charge in [-0.3, -0.25) is 0 Å². The van der Waals surface area contributed by atoms with Crippen LogP contribution >= 0.6 is 0 Å². The monoisotopic (exact) mass is 239 g/mol. The summed E-state index contributed by atoms with van der Waals surface area (Å²) in [6.45, 7) is 0.732. The maximum atomic E-state index is 10.7. The summed E-state index contributed by atoms with van der Waals surface area (Å²) in [5.41, 5.74) is -0.118. The Labute approximate surface area is 104 Å². The van der Waals surface area contributed by atoms with Gasteiger partial charge in [0.25, 0.3) is 0 Å². The smallest absolute Gasteiger partial charge is 0.129 e. The molecule has 0 amide bonds. The Morgan fingerprint density at radius 2 is 1.88 bits per heavy atom. The van der Waals surface area contributed by atoms with Crippen molar-refractivity contribution in [2.24, 2.45) is 0 Å². The van der Waals surface area contributed by atoms with E-state index in [0.717, 1.165) is 31.6 Å². The van der Waals surface area contributed by atoms with Gasteiger partial charge in [0.15, 0.2) is 0 Å². The van der Waals surface area contributed by atoms with Crippen molar-refractivity contribution in [2.75, 3.05) is 20.7 Å². The van der Waals surface area contributed by atoms with E-state index in [1.807, 2.05) is 0 Å². The summed E-state index contributed by atoms with van der Waals surface area (Å²) in [6, 6.07) is 0. The van der Waals surface area contributed by atoms with Gasteiger partial charge in [0, 0.05) is 6.42 Å². The Morgan fingerprint density at radius 1 is 1.24 bits per heavy atom. The van der Waals surface area contributed by atoms with E-state index in [1.165, 1.54) is 25.7 Å². The molecule has 3 heteroatoms. The highest BCUT2D eigenvalue weighted by Crippen LogP contribution is 2.37. The largest absolute Gasteiger partial charge is 0.495 e. The second-order valence-electron chi connectivity index (χ2n) is 5.56. The molecule has 1 N–H and O–H groups in total. The molecule has 1 fully saturated rings. The van der Waals surface area contributed by atoms with Gasteiger partial charge in [-0.1, -0.05) is 25.7 Å². The number of aliphatic hydroxyl groups excluding tert-OH is 1. The number of ether oxygens (including phenoxy) is 1. The van der Waals surface area contributed by atoms with Crippen molar-refractivity contribution in [3.05, 3.63) is 11.8 Å². The SMILES string of the molecule is CN(C)C1(C(O)C2=CCCO2)CCCCCC1. The van der Waals surface area contributed by atoms with E-state index < -0.39 is 6.10 Å². The normalized spacial score (nSPS) is 26.2. The highest BCUT2D eigenvalue weighted by Gasteiger charge is 2.43. The molecule has 17 heavy (non-hydrogen) atoms.